The Labute approximate surface area is 162 Å². The monoisotopic (exact) mass is 399 g/mol. The normalized spacial score (nSPS) is 12.0. The number of ether oxygens (including phenoxy) is 2. The molecular formula is C17H25N3O6S. The lowest BCUT2D eigenvalue weighted by Gasteiger charge is -2.23. The van der Waals surface area contributed by atoms with E-state index >= 15 is 0 Å². The third kappa shape index (κ3) is 9.69. The lowest BCUT2D eigenvalue weighted by atomic mass is 10.2. The van der Waals surface area contributed by atoms with Crippen LogP contribution in [0, 0.1) is 10.1 Å². The molecule has 0 aromatic heterocycles. The van der Waals surface area contributed by atoms with Gasteiger partial charge in [-0.05, 0) is 51.3 Å². The zero-order valence-corrected chi connectivity index (χ0v) is 16.6. The molecule has 9 nitrogen and oxygen atoms in total. The minimum Gasteiger partial charge on any atom is -0.444 e. The topological polar surface area (TPSA) is 120 Å². The number of benzene rings is 1. The van der Waals surface area contributed by atoms with Crippen molar-refractivity contribution in [3.63, 3.8) is 0 Å². The number of hydrogen-bond donors (Lipinski definition) is 2. The maximum Gasteiger partial charge on any atom is 0.412 e. The van der Waals surface area contributed by atoms with E-state index in [1.165, 1.54) is 24.3 Å². The highest BCUT2D eigenvalue weighted by Gasteiger charge is 2.20. The molecule has 1 atom stereocenters. The number of non-ortho nitro benzene ring substituents is 1. The van der Waals surface area contributed by atoms with Crippen LogP contribution in [0.15, 0.2) is 24.3 Å². The summed E-state index contributed by atoms with van der Waals surface area (Å²) in [5.74, 6) is 0.971. The van der Waals surface area contributed by atoms with Gasteiger partial charge < -0.3 is 20.1 Å². The predicted octanol–water partition coefficient (Wildman–Crippen LogP) is 3.33. The van der Waals surface area contributed by atoms with E-state index in [4.69, 9.17) is 9.47 Å². The number of nitrogens with zero attached hydrogens (tertiary/aromatic N) is 1. The van der Waals surface area contributed by atoms with Gasteiger partial charge in [0.25, 0.3) is 5.69 Å². The minimum atomic E-state index is -0.719. The standard InChI is InChI=1S/C17H25N3O6S/c1-17(2,3)26-16(22)19-12(9-10-27-4)11-18-15(21)25-14-7-5-13(6-8-14)20(23)24/h5-8,12H,9-11H2,1-4H3,(H,18,21)(H,19,22)/t12-/m0/s1. The Kier molecular flexibility index (Phi) is 8.86. The summed E-state index contributed by atoms with van der Waals surface area (Å²) in [7, 11) is 0. The van der Waals surface area contributed by atoms with Crippen molar-refractivity contribution in [1.29, 1.82) is 0 Å². The van der Waals surface area contributed by atoms with Crippen molar-refractivity contribution >= 4 is 29.6 Å². The molecule has 0 fully saturated rings. The molecule has 2 N–H and O–H groups in total. The molecule has 0 aliphatic heterocycles. The summed E-state index contributed by atoms with van der Waals surface area (Å²) in [5.41, 5.74) is -0.711. The van der Waals surface area contributed by atoms with E-state index in [0.29, 0.717) is 6.42 Å². The van der Waals surface area contributed by atoms with Crippen LogP contribution in [0.25, 0.3) is 0 Å². The Morgan fingerprint density at radius 2 is 1.85 bits per heavy atom. The molecule has 10 heteroatoms. The van der Waals surface area contributed by atoms with Crippen molar-refractivity contribution in [3.8, 4) is 5.75 Å². The number of nitro benzene ring substituents is 1. The van der Waals surface area contributed by atoms with E-state index < -0.39 is 22.7 Å². The second-order valence-electron chi connectivity index (χ2n) is 6.65. The Morgan fingerprint density at radius 1 is 1.22 bits per heavy atom. The molecular weight excluding hydrogens is 374 g/mol. The summed E-state index contributed by atoms with van der Waals surface area (Å²) >= 11 is 1.62. The number of amides is 2. The molecule has 0 heterocycles. The number of nitro groups is 1. The molecule has 1 aromatic rings. The SMILES string of the molecule is CSCC[C@@H](CNC(=O)Oc1ccc([N+](=O)[O-])cc1)NC(=O)OC(C)(C)C. The molecule has 1 aromatic carbocycles. The van der Waals surface area contributed by atoms with Gasteiger partial charge in [0.05, 0.1) is 11.0 Å². The summed E-state index contributed by atoms with van der Waals surface area (Å²) in [6.45, 7) is 5.46. The van der Waals surface area contributed by atoms with Gasteiger partial charge in [0.1, 0.15) is 11.4 Å². The third-order valence-electron chi connectivity index (χ3n) is 3.14. The van der Waals surface area contributed by atoms with Crippen molar-refractivity contribution < 1.29 is 24.0 Å². The molecule has 1 rings (SSSR count). The van der Waals surface area contributed by atoms with Crippen LogP contribution < -0.4 is 15.4 Å². The van der Waals surface area contributed by atoms with E-state index in [9.17, 15) is 19.7 Å². The number of alkyl carbamates (subject to hydrolysis) is 1. The molecule has 0 saturated carbocycles. The number of nitrogens with one attached hydrogen (secondary N) is 2. The maximum atomic E-state index is 11.9. The molecule has 0 spiro atoms. The summed E-state index contributed by atoms with van der Waals surface area (Å²) in [4.78, 5) is 33.9. The van der Waals surface area contributed by atoms with Crippen molar-refractivity contribution in [2.24, 2.45) is 0 Å². The second-order valence-corrected chi connectivity index (χ2v) is 7.63. The molecule has 0 bridgehead atoms. The first kappa shape index (κ1) is 22.6. The third-order valence-corrected chi connectivity index (χ3v) is 3.79. The quantitative estimate of drug-likeness (QED) is 0.508. The van der Waals surface area contributed by atoms with Crippen LogP contribution in [-0.2, 0) is 4.74 Å². The number of rotatable bonds is 8. The first-order chi connectivity index (χ1) is 12.6. The highest BCUT2D eigenvalue weighted by atomic mass is 32.2. The van der Waals surface area contributed by atoms with Crippen molar-refractivity contribution in [3.05, 3.63) is 34.4 Å². The second kappa shape index (κ2) is 10.6. The van der Waals surface area contributed by atoms with Crippen LogP contribution in [0.3, 0.4) is 0 Å². The van der Waals surface area contributed by atoms with E-state index in [-0.39, 0.29) is 24.0 Å². The highest BCUT2D eigenvalue weighted by Crippen LogP contribution is 2.17. The Balaban J connectivity index is 2.53. The van der Waals surface area contributed by atoms with Gasteiger partial charge in [-0.2, -0.15) is 11.8 Å². The van der Waals surface area contributed by atoms with E-state index in [1.807, 2.05) is 6.26 Å². The van der Waals surface area contributed by atoms with Crippen molar-refractivity contribution in [1.82, 2.24) is 10.6 Å². The Hall–Kier alpha value is -2.49. The van der Waals surface area contributed by atoms with Crippen LogP contribution in [0.2, 0.25) is 0 Å². The fourth-order valence-corrected chi connectivity index (χ4v) is 2.47. The fourth-order valence-electron chi connectivity index (χ4n) is 1.95. The van der Waals surface area contributed by atoms with Gasteiger partial charge in [-0.25, -0.2) is 9.59 Å². The highest BCUT2D eigenvalue weighted by molar-refractivity contribution is 7.98. The average Bonchev–Trinajstić information content (AvgIpc) is 2.56. The maximum absolute atomic E-state index is 11.9. The van der Waals surface area contributed by atoms with Gasteiger partial charge in [0, 0.05) is 18.7 Å². The molecule has 27 heavy (non-hydrogen) atoms. The fraction of sp³-hybridized carbons (Fsp3) is 0.529. The lowest BCUT2D eigenvalue weighted by molar-refractivity contribution is -0.384. The number of carbonyl (C=O) groups excluding carboxylic acids is 2. The Morgan fingerprint density at radius 3 is 2.37 bits per heavy atom. The van der Waals surface area contributed by atoms with E-state index in [2.05, 4.69) is 10.6 Å². The van der Waals surface area contributed by atoms with Crippen LogP contribution >= 0.6 is 11.8 Å². The van der Waals surface area contributed by atoms with Gasteiger partial charge in [-0.1, -0.05) is 0 Å². The summed E-state index contributed by atoms with van der Waals surface area (Å²) in [5, 5.41) is 15.9. The Bertz CT molecular complexity index is 645. The van der Waals surface area contributed by atoms with Crippen molar-refractivity contribution in [2.75, 3.05) is 18.6 Å². The van der Waals surface area contributed by atoms with Gasteiger partial charge >= 0.3 is 12.2 Å². The van der Waals surface area contributed by atoms with E-state index in [1.54, 1.807) is 32.5 Å². The number of thioether (sulfide) groups is 1. The summed E-state index contributed by atoms with van der Waals surface area (Å²) < 4.78 is 10.3. The van der Waals surface area contributed by atoms with Gasteiger partial charge in [0.2, 0.25) is 0 Å². The zero-order chi connectivity index (χ0) is 20.4. The van der Waals surface area contributed by atoms with Gasteiger partial charge in [-0.3, -0.25) is 10.1 Å². The average molecular weight is 399 g/mol. The van der Waals surface area contributed by atoms with E-state index in [0.717, 1.165) is 5.75 Å². The molecule has 150 valence electrons. The number of hydrogen-bond acceptors (Lipinski definition) is 7. The molecule has 0 saturated heterocycles. The molecule has 0 unspecified atom stereocenters. The molecule has 0 radical (unpaired) electrons. The van der Waals surface area contributed by atoms with Crippen molar-refractivity contribution in [2.45, 2.75) is 38.8 Å². The van der Waals surface area contributed by atoms with Gasteiger partial charge in [-0.15, -0.1) is 0 Å². The van der Waals surface area contributed by atoms with Crippen LogP contribution in [0.5, 0.6) is 5.75 Å². The summed E-state index contributed by atoms with van der Waals surface area (Å²) in [6, 6.07) is 4.84. The van der Waals surface area contributed by atoms with Crippen LogP contribution in [0.1, 0.15) is 27.2 Å². The van der Waals surface area contributed by atoms with Crippen LogP contribution in [0.4, 0.5) is 15.3 Å². The molecule has 2 amide bonds. The number of carbonyl (C=O) groups is 2. The zero-order valence-electron chi connectivity index (χ0n) is 15.8. The predicted molar refractivity (Wildman–Crippen MR) is 103 cm³/mol. The smallest absolute Gasteiger partial charge is 0.412 e. The lowest BCUT2D eigenvalue weighted by Crippen LogP contribution is -2.46. The first-order valence-electron chi connectivity index (χ1n) is 8.29. The molecule has 0 aliphatic carbocycles. The first-order valence-corrected chi connectivity index (χ1v) is 9.68. The minimum absolute atomic E-state index is 0.0959. The molecule has 0 aliphatic rings. The largest absolute Gasteiger partial charge is 0.444 e. The summed E-state index contributed by atoms with van der Waals surface area (Å²) in [6.07, 6.45) is 1.31. The van der Waals surface area contributed by atoms with Gasteiger partial charge in [0.15, 0.2) is 0 Å². The van der Waals surface area contributed by atoms with Crippen LogP contribution in [-0.4, -0.2) is 47.3 Å².